The highest BCUT2D eigenvalue weighted by molar-refractivity contribution is 7.21. The van der Waals surface area contributed by atoms with E-state index in [9.17, 15) is 10.1 Å². The van der Waals surface area contributed by atoms with Gasteiger partial charge in [0, 0.05) is 20.3 Å². The van der Waals surface area contributed by atoms with Crippen molar-refractivity contribution in [3.05, 3.63) is 50.3 Å². The van der Waals surface area contributed by atoms with Gasteiger partial charge in [0.1, 0.15) is 21.5 Å². The fraction of sp³-hybridized carbons (Fsp3) is 0.200. The molecule has 0 radical (unpaired) electrons. The second-order valence-corrected chi connectivity index (χ2v) is 9.13. The summed E-state index contributed by atoms with van der Waals surface area (Å²) in [6.07, 6.45) is 4.40. The summed E-state index contributed by atoms with van der Waals surface area (Å²) in [6.45, 7) is 0. The standard InChI is InChI=1S/C20H14ClN3OS2/c21-16-11-6-2-4-8-14(11)26-18(16)19(25)24-17-12(9-22)23-20-15(17)10-5-1-3-7-13(10)27-20/h2,4,6,8,23H,1,3,5,7H2,(H,24,25). The second kappa shape index (κ2) is 6.38. The van der Waals surface area contributed by atoms with Gasteiger partial charge in [-0.05, 0) is 37.3 Å². The maximum atomic E-state index is 13.0. The Labute approximate surface area is 168 Å². The summed E-state index contributed by atoms with van der Waals surface area (Å²) in [6, 6.07) is 9.88. The molecule has 3 aromatic heterocycles. The van der Waals surface area contributed by atoms with Gasteiger partial charge in [-0.2, -0.15) is 5.26 Å². The summed E-state index contributed by atoms with van der Waals surface area (Å²) in [5.41, 5.74) is 2.26. The number of H-pyrrole nitrogens is 1. The quantitative estimate of drug-likeness (QED) is 0.418. The summed E-state index contributed by atoms with van der Waals surface area (Å²) >= 11 is 9.52. The van der Waals surface area contributed by atoms with E-state index < -0.39 is 0 Å². The number of nitrogens with zero attached hydrogens (tertiary/aromatic N) is 1. The maximum Gasteiger partial charge on any atom is 0.267 e. The molecule has 0 atom stereocenters. The third-order valence-electron chi connectivity index (χ3n) is 5.00. The number of carbonyl (C=O) groups excluding carboxylic acids is 1. The number of hydrogen-bond acceptors (Lipinski definition) is 4. The molecule has 4 nitrogen and oxygen atoms in total. The first-order chi connectivity index (χ1) is 13.2. The van der Waals surface area contributed by atoms with Crippen LogP contribution in [0, 0.1) is 11.3 Å². The van der Waals surface area contributed by atoms with E-state index in [0.717, 1.165) is 39.6 Å². The topological polar surface area (TPSA) is 68.7 Å². The van der Waals surface area contributed by atoms with Crippen molar-refractivity contribution >= 4 is 66.2 Å². The molecular formula is C20H14ClN3OS2. The zero-order valence-corrected chi connectivity index (χ0v) is 16.6. The van der Waals surface area contributed by atoms with E-state index in [1.54, 1.807) is 11.3 Å². The molecule has 27 heavy (non-hydrogen) atoms. The first kappa shape index (κ1) is 16.8. The van der Waals surface area contributed by atoms with Crippen LogP contribution in [0.25, 0.3) is 20.3 Å². The molecule has 0 fully saturated rings. The molecule has 1 aliphatic carbocycles. The predicted octanol–water partition coefficient (Wildman–Crippen LogP) is 6.10. The van der Waals surface area contributed by atoms with Gasteiger partial charge < -0.3 is 10.3 Å². The van der Waals surface area contributed by atoms with Gasteiger partial charge in [-0.15, -0.1) is 22.7 Å². The Balaban J connectivity index is 1.61. The van der Waals surface area contributed by atoms with Gasteiger partial charge in [0.25, 0.3) is 5.91 Å². The fourth-order valence-corrected chi connectivity index (χ4v) is 6.47. The Morgan fingerprint density at radius 3 is 2.85 bits per heavy atom. The number of aryl methyl sites for hydroxylation is 2. The average molecular weight is 412 g/mol. The lowest BCUT2D eigenvalue weighted by Gasteiger charge is -2.11. The van der Waals surface area contributed by atoms with Crippen molar-refractivity contribution in [1.82, 2.24) is 4.98 Å². The molecule has 3 heterocycles. The van der Waals surface area contributed by atoms with Crippen LogP contribution in [-0.4, -0.2) is 10.9 Å². The Kier molecular flexibility index (Phi) is 3.97. The van der Waals surface area contributed by atoms with Crippen LogP contribution in [0.3, 0.4) is 0 Å². The van der Waals surface area contributed by atoms with Crippen LogP contribution < -0.4 is 5.32 Å². The molecule has 0 saturated carbocycles. The number of halogens is 1. The van der Waals surface area contributed by atoms with E-state index >= 15 is 0 Å². The number of rotatable bonds is 2. The first-order valence-electron chi connectivity index (χ1n) is 8.72. The monoisotopic (exact) mass is 411 g/mol. The van der Waals surface area contributed by atoms with Gasteiger partial charge >= 0.3 is 0 Å². The van der Waals surface area contributed by atoms with Crippen LogP contribution in [0.4, 0.5) is 5.69 Å². The molecule has 7 heteroatoms. The van der Waals surface area contributed by atoms with Crippen molar-refractivity contribution < 1.29 is 4.79 Å². The maximum absolute atomic E-state index is 13.0. The normalized spacial score (nSPS) is 13.6. The van der Waals surface area contributed by atoms with Gasteiger partial charge in [0.15, 0.2) is 0 Å². The number of aromatic nitrogens is 1. The minimum Gasteiger partial charge on any atom is -0.336 e. The van der Waals surface area contributed by atoms with Crippen LogP contribution in [0.1, 0.15) is 38.6 Å². The summed E-state index contributed by atoms with van der Waals surface area (Å²) in [5, 5.41) is 14.9. The van der Waals surface area contributed by atoms with Crippen molar-refractivity contribution in [2.45, 2.75) is 25.7 Å². The molecule has 0 spiro atoms. The fourth-order valence-electron chi connectivity index (χ4n) is 3.76. The number of thiophene rings is 2. The lowest BCUT2D eigenvalue weighted by molar-refractivity contribution is 0.103. The molecule has 0 saturated heterocycles. The Morgan fingerprint density at radius 1 is 1.22 bits per heavy atom. The summed E-state index contributed by atoms with van der Waals surface area (Å²) in [7, 11) is 0. The molecule has 5 rings (SSSR count). The minimum atomic E-state index is -0.269. The average Bonchev–Trinajstić information content (AvgIpc) is 3.32. The Bertz CT molecular complexity index is 1260. The number of amides is 1. The van der Waals surface area contributed by atoms with E-state index in [2.05, 4.69) is 16.4 Å². The highest BCUT2D eigenvalue weighted by Crippen LogP contribution is 2.42. The van der Waals surface area contributed by atoms with Crippen molar-refractivity contribution in [2.24, 2.45) is 0 Å². The van der Waals surface area contributed by atoms with Crippen LogP contribution in [0.2, 0.25) is 5.02 Å². The molecule has 0 aliphatic heterocycles. The predicted molar refractivity (Wildman–Crippen MR) is 112 cm³/mol. The van der Waals surface area contributed by atoms with E-state index in [0.29, 0.717) is 21.3 Å². The zero-order chi connectivity index (χ0) is 18.5. The Morgan fingerprint density at radius 2 is 2.04 bits per heavy atom. The first-order valence-corrected chi connectivity index (χ1v) is 10.7. The van der Waals surface area contributed by atoms with Gasteiger partial charge in [0.05, 0.1) is 10.7 Å². The third-order valence-corrected chi connectivity index (χ3v) is 7.88. The van der Waals surface area contributed by atoms with Crippen LogP contribution in [0.5, 0.6) is 0 Å². The second-order valence-electron chi connectivity index (χ2n) is 6.60. The van der Waals surface area contributed by atoms with E-state index in [1.165, 1.54) is 28.2 Å². The molecule has 0 unspecified atom stereocenters. The molecule has 1 aliphatic rings. The van der Waals surface area contributed by atoms with E-state index in [-0.39, 0.29) is 5.91 Å². The molecule has 0 bridgehead atoms. The molecule has 2 N–H and O–H groups in total. The van der Waals surface area contributed by atoms with Gasteiger partial charge in [-0.3, -0.25) is 4.79 Å². The van der Waals surface area contributed by atoms with Crippen LogP contribution in [0.15, 0.2) is 24.3 Å². The van der Waals surface area contributed by atoms with E-state index in [4.69, 9.17) is 11.6 Å². The van der Waals surface area contributed by atoms with Gasteiger partial charge in [-0.25, -0.2) is 0 Å². The highest BCUT2D eigenvalue weighted by Gasteiger charge is 2.25. The minimum absolute atomic E-state index is 0.269. The number of hydrogen-bond donors (Lipinski definition) is 2. The lowest BCUT2D eigenvalue weighted by atomic mass is 9.96. The van der Waals surface area contributed by atoms with Crippen molar-refractivity contribution in [3.63, 3.8) is 0 Å². The highest BCUT2D eigenvalue weighted by atomic mass is 35.5. The summed E-state index contributed by atoms with van der Waals surface area (Å²) in [4.78, 5) is 19.0. The third kappa shape index (κ3) is 2.58. The number of fused-ring (bicyclic) bond motifs is 4. The van der Waals surface area contributed by atoms with E-state index in [1.807, 2.05) is 24.3 Å². The molecule has 1 amide bonds. The number of nitrogens with one attached hydrogen (secondary N) is 2. The number of anilines is 1. The number of nitriles is 1. The molecule has 134 valence electrons. The molecule has 1 aromatic carbocycles. The number of aromatic amines is 1. The molecular weight excluding hydrogens is 398 g/mol. The summed E-state index contributed by atoms with van der Waals surface area (Å²) < 4.78 is 0.972. The largest absolute Gasteiger partial charge is 0.336 e. The lowest BCUT2D eigenvalue weighted by Crippen LogP contribution is -2.12. The van der Waals surface area contributed by atoms with Crippen molar-refractivity contribution in [2.75, 3.05) is 5.32 Å². The Hall–Kier alpha value is -2.33. The number of carbonyl (C=O) groups is 1. The SMILES string of the molecule is N#Cc1[nH]c2sc3c(c2c1NC(=O)c1sc2ccccc2c1Cl)CCCC3. The van der Waals surface area contributed by atoms with Crippen molar-refractivity contribution in [3.8, 4) is 6.07 Å². The summed E-state index contributed by atoms with van der Waals surface area (Å²) in [5.74, 6) is -0.269. The zero-order valence-electron chi connectivity index (χ0n) is 14.2. The van der Waals surface area contributed by atoms with Crippen molar-refractivity contribution in [1.29, 1.82) is 5.26 Å². The molecule has 4 aromatic rings. The van der Waals surface area contributed by atoms with Crippen LogP contribution >= 0.6 is 34.3 Å². The van der Waals surface area contributed by atoms with Gasteiger partial charge in [-0.1, -0.05) is 29.8 Å². The number of benzene rings is 1. The van der Waals surface area contributed by atoms with Gasteiger partial charge in [0.2, 0.25) is 0 Å². The smallest absolute Gasteiger partial charge is 0.267 e. The van der Waals surface area contributed by atoms with Crippen LogP contribution in [-0.2, 0) is 12.8 Å².